The molecule has 1 aromatic heterocycles. The van der Waals surface area contributed by atoms with Gasteiger partial charge in [-0.3, -0.25) is 9.59 Å². The summed E-state index contributed by atoms with van der Waals surface area (Å²) >= 11 is 6.08. The molecule has 1 amide bonds. The van der Waals surface area contributed by atoms with Crippen LogP contribution in [0.2, 0.25) is 5.02 Å². The molecule has 3 heterocycles. The number of benzene rings is 1. The average molecular weight is 403 g/mol. The normalized spacial score (nSPS) is 21.0. The van der Waals surface area contributed by atoms with E-state index in [0.29, 0.717) is 49.5 Å². The summed E-state index contributed by atoms with van der Waals surface area (Å²) in [6.07, 6.45) is 7.08. The van der Waals surface area contributed by atoms with Gasteiger partial charge in [-0.15, -0.1) is 0 Å². The molecule has 7 nitrogen and oxygen atoms in total. The molecule has 2 aliphatic rings. The molecule has 1 aromatic carbocycles. The van der Waals surface area contributed by atoms with E-state index < -0.39 is 5.41 Å². The summed E-state index contributed by atoms with van der Waals surface area (Å²) in [5.74, 6) is -0.202. The first-order chi connectivity index (χ1) is 13.5. The van der Waals surface area contributed by atoms with Gasteiger partial charge in [0.05, 0.1) is 23.9 Å². The molecule has 0 radical (unpaired) electrons. The SMILES string of the molecule is CNc1ccc(Cl)cc1C(=O)N1CCC2(CC1)CC(Cn1ccnc1)OC2=O. The van der Waals surface area contributed by atoms with Gasteiger partial charge < -0.3 is 19.5 Å². The van der Waals surface area contributed by atoms with Gasteiger partial charge >= 0.3 is 5.97 Å². The number of nitrogens with one attached hydrogen (secondary N) is 1. The zero-order valence-corrected chi connectivity index (χ0v) is 16.5. The molecule has 2 aromatic rings. The van der Waals surface area contributed by atoms with Crippen molar-refractivity contribution in [2.45, 2.75) is 31.9 Å². The maximum absolute atomic E-state index is 13.0. The van der Waals surface area contributed by atoms with E-state index in [9.17, 15) is 9.59 Å². The van der Waals surface area contributed by atoms with Crippen LogP contribution in [-0.2, 0) is 16.1 Å². The number of aromatic nitrogens is 2. The molecule has 1 spiro atoms. The number of halogens is 1. The Labute approximate surface area is 168 Å². The van der Waals surface area contributed by atoms with Gasteiger partial charge in [0.25, 0.3) is 5.91 Å². The van der Waals surface area contributed by atoms with Crippen molar-refractivity contribution in [3.8, 4) is 0 Å². The summed E-state index contributed by atoms with van der Waals surface area (Å²) in [6, 6.07) is 5.24. The number of anilines is 1. The van der Waals surface area contributed by atoms with Crippen LogP contribution in [0, 0.1) is 5.41 Å². The summed E-state index contributed by atoms with van der Waals surface area (Å²) in [6.45, 7) is 1.67. The minimum absolute atomic E-state index is 0.0666. The lowest BCUT2D eigenvalue weighted by Crippen LogP contribution is -2.45. The van der Waals surface area contributed by atoms with E-state index in [4.69, 9.17) is 16.3 Å². The van der Waals surface area contributed by atoms with Crippen molar-refractivity contribution in [2.24, 2.45) is 5.41 Å². The summed E-state index contributed by atoms with van der Waals surface area (Å²) in [4.78, 5) is 31.4. The number of carbonyl (C=O) groups is 2. The number of ether oxygens (including phenoxy) is 1. The van der Waals surface area contributed by atoms with Crippen LogP contribution in [0.25, 0.3) is 0 Å². The Morgan fingerprint density at radius 1 is 1.39 bits per heavy atom. The fourth-order valence-electron chi connectivity index (χ4n) is 4.20. The maximum Gasteiger partial charge on any atom is 0.312 e. The fraction of sp³-hybridized carbons (Fsp3) is 0.450. The number of likely N-dealkylation sites (tertiary alicyclic amines) is 1. The number of cyclic esters (lactones) is 1. The summed E-state index contributed by atoms with van der Waals surface area (Å²) in [5, 5.41) is 3.56. The highest BCUT2D eigenvalue weighted by Crippen LogP contribution is 2.43. The van der Waals surface area contributed by atoms with Crippen LogP contribution in [-0.4, -0.2) is 52.6 Å². The number of hydrogen-bond acceptors (Lipinski definition) is 5. The average Bonchev–Trinajstić information content (AvgIpc) is 3.30. The first-order valence-corrected chi connectivity index (χ1v) is 9.82. The van der Waals surface area contributed by atoms with Crippen LogP contribution in [0.3, 0.4) is 0 Å². The van der Waals surface area contributed by atoms with Crippen LogP contribution >= 0.6 is 11.6 Å². The molecule has 2 fully saturated rings. The second-order valence-corrected chi connectivity index (χ2v) is 7.94. The van der Waals surface area contributed by atoms with Gasteiger partial charge in [0.15, 0.2) is 0 Å². The summed E-state index contributed by atoms with van der Waals surface area (Å²) in [5.41, 5.74) is 0.815. The van der Waals surface area contributed by atoms with Gasteiger partial charge in [-0.2, -0.15) is 0 Å². The molecular formula is C20H23ClN4O3. The van der Waals surface area contributed by atoms with E-state index >= 15 is 0 Å². The Morgan fingerprint density at radius 2 is 2.18 bits per heavy atom. The van der Waals surface area contributed by atoms with E-state index in [1.54, 1.807) is 42.7 Å². The molecule has 28 heavy (non-hydrogen) atoms. The first-order valence-electron chi connectivity index (χ1n) is 9.44. The standard InChI is InChI=1S/C20H23ClN4O3/c1-22-17-3-2-14(21)10-16(17)18(26)25-7-4-20(5-8-25)11-15(28-19(20)27)12-24-9-6-23-13-24/h2-3,6,9-10,13,15,22H,4-5,7-8,11-12H2,1H3. The number of piperidine rings is 1. The molecule has 2 aliphatic heterocycles. The lowest BCUT2D eigenvalue weighted by molar-refractivity contribution is -0.150. The van der Waals surface area contributed by atoms with E-state index in [-0.39, 0.29) is 18.0 Å². The Balaban J connectivity index is 1.42. The molecule has 2 saturated heterocycles. The number of amides is 1. The van der Waals surface area contributed by atoms with Gasteiger partial charge in [0, 0.05) is 49.7 Å². The Bertz CT molecular complexity index is 876. The number of hydrogen-bond donors (Lipinski definition) is 1. The quantitative estimate of drug-likeness (QED) is 0.796. The third kappa shape index (κ3) is 3.46. The molecule has 148 valence electrons. The zero-order valence-electron chi connectivity index (χ0n) is 15.7. The van der Waals surface area contributed by atoms with E-state index in [2.05, 4.69) is 10.3 Å². The number of nitrogens with zero attached hydrogens (tertiary/aromatic N) is 3. The predicted octanol–water partition coefficient (Wildman–Crippen LogP) is 2.82. The Hall–Kier alpha value is -2.54. The molecule has 1 unspecified atom stereocenters. The Kier molecular flexibility index (Phi) is 5.02. The number of esters is 1. The van der Waals surface area contributed by atoms with Crippen molar-refractivity contribution in [3.63, 3.8) is 0 Å². The van der Waals surface area contributed by atoms with Gasteiger partial charge in [0.2, 0.25) is 0 Å². The summed E-state index contributed by atoms with van der Waals surface area (Å²) in [7, 11) is 1.78. The topological polar surface area (TPSA) is 76.5 Å². The van der Waals surface area contributed by atoms with E-state index in [0.717, 1.165) is 5.69 Å². The third-order valence-corrected chi connectivity index (χ3v) is 6.02. The lowest BCUT2D eigenvalue weighted by Gasteiger charge is -2.36. The highest BCUT2D eigenvalue weighted by molar-refractivity contribution is 6.31. The zero-order chi connectivity index (χ0) is 19.7. The monoisotopic (exact) mass is 402 g/mol. The number of imidazole rings is 1. The minimum Gasteiger partial charge on any atom is -0.460 e. The van der Waals surface area contributed by atoms with Gasteiger partial charge in [0.1, 0.15) is 6.10 Å². The molecule has 1 atom stereocenters. The van der Waals surface area contributed by atoms with Crippen LogP contribution in [0.1, 0.15) is 29.6 Å². The predicted molar refractivity (Wildman–Crippen MR) is 105 cm³/mol. The van der Waals surface area contributed by atoms with Crippen LogP contribution < -0.4 is 5.32 Å². The largest absolute Gasteiger partial charge is 0.460 e. The van der Waals surface area contributed by atoms with Crippen molar-refractivity contribution in [3.05, 3.63) is 47.5 Å². The minimum atomic E-state index is -0.484. The van der Waals surface area contributed by atoms with Crippen LogP contribution in [0.15, 0.2) is 36.9 Å². The smallest absolute Gasteiger partial charge is 0.312 e. The Morgan fingerprint density at radius 3 is 2.86 bits per heavy atom. The molecule has 1 N–H and O–H groups in total. The first kappa shape index (κ1) is 18.8. The maximum atomic E-state index is 13.0. The highest BCUT2D eigenvalue weighted by atomic mass is 35.5. The molecule has 0 saturated carbocycles. The second kappa shape index (κ2) is 7.47. The highest BCUT2D eigenvalue weighted by Gasteiger charge is 2.50. The fourth-order valence-corrected chi connectivity index (χ4v) is 4.37. The lowest BCUT2D eigenvalue weighted by atomic mass is 9.76. The van der Waals surface area contributed by atoms with Gasteiger partial charge in [-0.05, 0) is 31.0 Å². The second-order valence-electron chi connectivity index (χ2n) is 7.50. The van der Waals surface area contributed by atoms with Crippen molar-refractivity contribution in [2.75, 3.05) is 25.5 Å². The van der Waals surface area contributed by atoms with Gasteiger partial charge in [-0.25, -0.2) is 4.98 Å². The van der Waals surface area contributed by atoms with E-state index in [1.807, 2.05) is 10.8 Å². The van der Waals surface area contributed by atoms with Crippen molar-refractivity contribution in [1.29, 1.82) is 0 Å². The molecule has 0 bridgehead atoms. The number of rotatable bonds is 4. The third-order valence-electron chi connectivity index (χ3n) is 5.79. The molecular weight excluding hydrogens is 380 g/mol. The number of carbonyl (C=O) groups excluding carboxylic acids is 2. The van der Waals surface area contributed by atoms with Crippen molar-refractivity contribution < 1.29 is 14.3 Å². The van der Waals surface area contributed by atoms with Gasteiger partial charge in [-0.1, -0.05) is 11.6 Å². The molecule has 8 heteroatoms. The van der Waals surface area contributed by atoms with Crippen LogP contribution in [0.5, 0.6) is 0 Å². The van der Waals surface area contributed by atoms with Crippen molar-refractivity contribution in [1.82, 2.24) is 14.5 Å². The summed E-state index contributed by atoms with van der Waals surface area (Å²) < 4.78 is 7.57. The molecule has 4 rings (SSSR count). The van der Waals surface area contributed by atoms with E-state index in [1.165, 1.54) is 0 Å². The van der Waals surface area contributed by atoms with Crippen LogP contribution in [0.4, 0.5) is 5.69 Å². The van der Waals surface area contributed by atoms with Crippen molar-refractivity contribution >= 4 is 29.2 Å². The molecule has 0 aliphatic carbocycles.